The average Bonchev–Trinajstić information content (AvgIpc) is 3.29. The smallest absolute Gasteiger partial charge is 0.322 e. The van der Waals surface area contributed by atoms with E-state index < -0.39 is 0 Å². The van der Waals surface area contributed by atoms with Gasteiger partial charge in [0.15, 0.2) is 0 Å². The normalized spacial score (nSPS) is 16.1. The summed E-state index contributed by atoms with van der Waals surface area (Å²) in [5.41, 5.74) is 4.19. The van der Waals surface area contributed by atoms with E-state index in [2.05, 4.69) is 28.2 Å². The fraction of sp³-hybridized carbons (Fsp3) is 0.407. The largest absolute Gasteiger partial charge is 0.497 e. The van der Waals surface area contributed by atoms with E-state index in [1.165, 1.54) is 0 Å². The number of anilines is 1. The van der Waals surface area contributed by atoms with Crippen molar-refractivity contribution >= 4 is 22.6 Å². The summed E-state index contributed by atoms with van der Waals surface area (Å²) in [6, 6.07) is 13.3. The number of nitrogens with zero attached hydrogens (tertiary/aromatic N) is 2. The van der Waals surface area contributed by atoms with Crippen LogP contribution in [0.2, 0.25) is 0 Å². The van der Waals surface area contributed by atoms with Crippen LogP contribution >= 0.6 is 0 Å². The number of H-pyrrole nitrogens is 1. The van der Waals surface area contributed by atoms with Crippen LogP contribution in [-0.2, 0) is 6.54 Å². The standard InChI is InChI=1S/C27H34N4O3/c1-5-30-14-6-7-23(30)17-31(27(33)28-22-10-12-24(34-4)13-11-22)16-21-15-20-9-8-18(2)19(3)25(20)29-26(21)32/h8-13,15,23H,5-7,14,16-17H2,1-4H3,(H,28,33)(H,29,32). The van der Waals surface area contributed by atoms with Gasteiger partial charge in [-0.3, -0.25) is 9.69 Å². The molecule has 34 heavy (non-hydrogen) atoms. The lowest BCUT2D eigenvalue weighted by Gasteiger charge is -2.30. The van der Waals surface area contributed by atoms with Crippen LogP contribution in [0.1, 0.15) is 36.5 Å². The Morgan fingerprint density at radius 2 is 1.97 bits per heavy atom. The third-order valence-electron chi connectivity index (χ3n) is 6.95. The quantitative estimate of drug-likeness (QED) is 0.535. The molecule has 0 spiro atoms. The molecule has 4 rings (SSSR count). The van der Waals surface area contributed by atoms with Crippen LogP contribution in [0.5, 0.6) is 5.75 Å². The maximum absolute atomic E-state index is 13.4. The summed E-state index contributed by atoms with van der Waals surface area (Å²) in [5.74, 6) is 0.729. The molecule has 1 fully saturated rings. The maximum atomic E-state index is 13.4. The number of aromatic amines is 1. The minimum atomic E-state index is -0.215. The molecule has 1 atom stereocenters. The fourth-order valence-electron chi connectivity index (χ4n) is 4.76. The minimum Gasteiger partial charge on any atom is -0.497 e. The molecule has 2 heterocycles. The molecule has 2 amide bonds. The van der Waals surface area contributed by atoms with Crippen LogP contribution < -0.4 is 15.6 Å². The van der Waals surface area contributed by atoms with E-state index in [0.29, 0.717) is 17.8 Å². The van der Waals surface area contributed by atoms with Crippen LogP contribution in [0.25, 0.3) is 10.9 Å². The highest BCUT2D eigenvalue weighted by Gasteiger charge is 2.28. The molecule has 3 aromatic rings. The number of ether oxygens (including phenoxy) is 1. The third-order valence-corrected chi connectivity index (χ3v) is 6.95. The summed E-state index contributed by atoms with van der Waals surface area (Å²) >= 11 is 0. The molecular formula is C27H34N4O3. The molecule has 2 N–H and O–H groups in total. The molecular weight excluding hydrogens is 428 g/mol. The number of carbonyl (C=O) groups is 1. The van der Waals surface area contributed by atoms with Crippen molar-refractivity contribution in [1.29, 1.82) is 0 Å². The van der Waals surface area contributed by atoms with Crippen LogP contribution in [0.15, 0.2) is 47.3 Å². The Hall–Kier alpha value is -3.32. The van der Waals surface area contributed by atoms with Crippen molar-refractivity contribution in [3.05, 3.63) is 69.5 Å². The van der Waals surface area contributed by atoms with E-state index in [-0.39, 0.29) is 24.2 Å². The minimum absolute atomic E-state index is 0.151. The van der Waals surface area contributed by atoms with Crippen molar-refractivity contribution in [3.63, 3.8) is 0 Å². The molecule has 1 aliphatic heterocycles. The molecule has 0 aliphatic carbocycles. The molecule has 1 aliphatic rings. The molecule has 1 saturated heterocycles. The topological polar surface area (TPSA) is 77.7 Å². The van der Waals surface area contributed by atoms with Crippen molar-refractivity contribution in [2.45, 2.75) is 46.2 Å². The van der Waals surface area contributed by atoms with Crippen molar-refractivity contribution in [2.24, 2.45) is 0 Å². The number of likely N-dealkylation sites (tertiary alicyclic amines) is 1. The molecule has 0 radical (unpaired) electrons. The molecule has 0 saturated carbocycles. The molecule has 1 aromatic heterocycles. The van der Waals surface area contributed by atoms with Gasteiger partial charge in [0.2, 0.25) is 0 Å². The van der Waals surface area contributed by atoms with Gasteiger partial charge < -0.3 is 19.9 Å². The van der Waals surface area contributed by atoms with E-state index in [4.69, 9.17) is 4.74 Å². The first-order chi connectivity index (χ1) is 16.4. The number of benzene rings is 2. The fourth-order valence-corrected chi connectivity index (χ4v) is 4.76. The number of methoxy groups -OCH3 is 1. The Labute approximate surface area is 200 Å². The van der Waals surface area contributed by atoms with Crippen LogP contribution in [-0.4, -0.2) is 53.6 Å². The van der Waals surface area contributed by atoms with E-state index in [1.54, 1.807) is 12.0 Å². The van der Waals surface area contributed by atoms with Gasteiger partial charge >= 0.3 is 6.03 Å². The Balaban J connectivity index is 1.62. The van der Waals surface area contributed by atoms with Gasteiger partial charge in [-0.25, -0.2) is 4.79 Å². The number of hydrogen-bond donors (Lipinski definition) is 2. The number of hydrogen-bond acceptors (Lipinski definition) is 4. The molecule has 7 nitrogen and oxygen atoms in total. The average molecular weight is 463 g/mol. The van der Waals surface area contributed by atoms with Crippen molar-refractivity contribution < 1.29 is 9.53 Å². The zero-order chi connectivity index (χ0) is 24.2. The number of aryl methyl sites for hydroxylation is 2. The molecule has 180 valence electrons. The molecule has 0 bridgehead atoms. The number of amides is 2. The number of nitrogens with one attached hydrogen (secondary N) is 2. The van der Waals surface area contributed by atoms with Gasteiger partial charge in [0.05, 0.1) is 19.2 Å². The van der Waals surface area contributed by atoms with E-state index >= 15 is 0 Å². The van der Waals surface area contributed by atoms with E-state index in [0.717, 1.165) is 53.7 Å². The number of carbonyl (C=O) groups excluding carboxylic acids is 1. The van der Waals surface area contributed by atoms with Gasteiger partial charge in [0, 0.05) is 23.8 Å². The summed E-state index contributed by atoms with van der Waals surface area (Å²) in [4.78, 5) is 33.6. The van der Waals surface area contributed by atoms with Crippen molar-refractivity contribution in [1.82, 2.24) is 14.8 Å². The lowest BCUT2D eigenvalue weighted by molar-refractivity contribution is 0.174. The highest BCUT2D eigenvalue weighted by molar-refractivity contribution is 5.89. The van der Waals surface area contributed by atoms with E-state index in [9.17, 15) is 9.59 Å². The third kappa shape index (κ3) is 5.09. The SMILES string of the molecule is CCN1CCCC1CN(Cc1cc2ccc(C)c(C)c2[nH]c1=O)C(=O)Nc1ccc(OC)cc1. The molecule has 2 aromatic carbocycles. The summed E-state index contributed by atoms with van der Waals surface area (Å²) in [6.45, 7) is 9.01. The second-order valence-electron chi connectivity index (χ2n) is 9.06. The van der Waals surface area contributed by atoms with Gasteiger partial charge in [-0.1, -0.05) is 19.1 Å². The van der Waals surface area contributed by atoms with Gasteiger partial charge in [0.25, 0.3) is 5.56 Å². The summed E-state index contributed by atoms with van der Waals surface area (Å²) in [6.07, 6.45) is 2.17. The number of urea groups is 1. The first-order valence-electron chi connectivity index (χ1n) is 12.0. The first-order valence-corrected chi connectivity index (χ1v) is 12.0. The Morgan fingerprint density at radius 3 is 2.68 bits per heavy atom. The predicted molar refractivity (Wildman–Crippen MR) is 137 cm³/mol. The maximum Gasteiger partial charge on any atom is 0.322 e. The lowest BCUT2D eigenvalue weighted by Crippen LogP contribution is -2.45. The second-order valence-corrected chi connectivity index (χ2v) is 9.06. The summed E-state index contributed by atoms with van der Waals surface area (Å²) in [7, 11) is 1.61. The molecule has 1 unspecified atom stereocenters. The first kappa shape index (κ1) is 23.8. The van der Waals surface area contributed by atoms with Crippen molar-refractivity contribution in [3.8, 4) is 5.75 Å². The van der Waals surface area contributed by atoms with Gasteiger partial charge in [0.1, 0.15) is 5.75 Å². The molecule has 7 heteroatoms. The van der Waals surface area contributed by atoms with Gasteiger partial charge in [-0.05, 0) is 86.6 Å². The summed E-state index contributed by atoms with van der Waals surface area (Å²) in [5, 5.41) is 3.97. The monoisotopic (exact) mass is 462 g/mol. The number of likely N-dealkylation sites (N-methyl/N-ethyl adjacent to an activating group) is 1. The highest BCUT2D eigenvalue weighted by Crippen LogP contribution is 2.22. The number of rotatable bonds is 7. The van der Waals surface area contributed by atoms with Gasteiger partial charge in [-0.15, -0.1) is 0 Å². The zero-order valence-corrected chi connectivity index (χ0v) is 20.5. The lowest BCUT2D eigenvalue weighted by atomic mass is 10.0. The van der Waals surface area contributed by atoms with Crippen LogP contribution in [0.4, 0.5) is 10.5 Å². The number of fused-ring (bicyclic) bond motifs is 1. The van der Waals surface area contributed by atoms with Crippen LogP contribution in [0.3, 0.4) is 0 Å². The Morgan fingerprint density at radius 1 is 1.21 bits per heavy atom. The number of aromatic nitrogens is 1. The van der Waals surface area contributed by atoms with E-state index in [1.807, 2.05) is 50.2 Å². The zero-order valence-electron chi connectivity index (χ0n) is 20.5. The Bertz CT molecular complexity index is 1220. The van der Waals surface area contributed by atoms with Gasteiger partial charge in [-0.2, -0.15) is 0 Å². The van der Waals surface area contributed by atoms with Crippen molar-refractivity contribution in [2.75, 3.05) is 32.1 Å². The van der Waals surface area contributed by atoms with Crippen LogP contribution in [0, 0.1) is 13.8 Å². The second kappa shape index (κ2) is 10.3. The Kier molecular flexibility index (Phi) is 7.22. The predicted octanol–water partition coefficient (Wildman–Crippen LogP) is 4.67. The number of pyridine rings is 1. The summed E-state index contributed by atoms with van der Waals surface area (Å²) < 4.78 is 5.21. The highest BCUT2D eigenvalue weighted by atomic mass is 16.5.